The third-order valence-electron chi connectivity index (χ3n) is 6.42. The molecule has 0 saturated heterocycles. The maximum atomic E-state index is 6.51. The van der Waals surface area contributed by atoms with Crippen molar-refractivity contribution in [1.82, 2.24) is 9.97 Å². The minimum absolute atomic E-state index is 0.270. The molecule has 3 nitrogen and oxygen atoms in total. The Morgan fingerprint density at radius 2 is 1.69 bits per heavy atom. The number of aromatic nitrogens is 2. The Balaban J connectivity index is 1.80. The van der Waals surface area contributed by atoms with Gasteiger partial charge in [-0.1, -0.05) is 70.2 Å². The van der Waals surface area contributed by atoms with Crippen molar-refractivity contribution >= 4 is 21.9 Å². The van der Waals surface area contributed by atoms with Crippen molar-refractivity contribution in [2.75, 3.05) is 0 Å². The van der Waals surface area contributed by atoms with Crippen LogP contribution in [-0.4, -0.2) is 9.97 Å². The van der Waals surface area contributed by atoms with Crippen LogP contribution in [0, 0.1) is 6.92 Å². The Morgan fingerprint density at radius 1 is 0.906 bits per heavy atom. The lowest BCUT2D eigenvalue weighted by atomic mass is 9.79. The van der Waals surface area contributed by atoms with Crippen molar-refractivity contribution in [2.24, 2.45) is 0 Å². The number of pyridine rings is 2. The number of rotatable bonds is 4. The first-order valence-electron chi connectivity index (χ1n) is 11.2. The van der Waals surface area contributed by atoms with Crippen LogP contribution < -0.4 is 0 Å². The predicted molar refractivity (Wildman–Crippen MR) is 132 cm³/mol. The van der Waals surface area contributed by atoms with Gasteiger partial charge in [0.25, 0.3) is 0 Å². The van der Waals surface area contributed by atoms with Gasteiger partial charge in [-0.25, -0.2) is 0 Å². The van der Waals surface area contributed by atoms with Gasteiger partial charge in [-0.2, -0.15) is 0 Å². The summed E-state index contributed by atoms with van der Waals surface area (Å²) in [6.07, 6.45) is 1.89. The summed E-state index contributed by atoms with van der Waals surface area (Å²) in [6.45, 7) is 10.9. The summed E-state index contributed by atoms with van der Waals surface area (Å²) >= 11 is 0. The van der Waals surface area contributed by atoms with Gasteiger partial charge in [-0.3, -0.25) is 9.97 Å². The van der Waals surface area contributed by atoms with Gasteiger partial charge >= 0.3 is 0 Å². The van der Waals surface area contributed by atoms with E-state index in [0.717, 1.165) is 44.6 Å². The summed E-state index contributed by atoms with van der Waals surface area (Å²) < 4.78 is 6.51. The van der Waals surface area contributed by atoms with Crippen LogP contribution in [0.15, 0.2) is 77.3 Å². The van der Waals surface area contributed by atoms with Crippen molar-refractivity contribution in [1.29, 1.82) is 0 Å². The molecule has 0 radical (unpaired) electrons. The van der Waals surface area contributed by atoms with E-state index >= 15 is 0 Å². The van der Waals surface area contributed by atoms with Crippen molar-refractivity contribution in [2.45, 2.75) is 46.0 Å². The molecule has 5 rings (SSSR count). The molecule has 0 atom stereocenters. The summed E-state index contributed by atoms with van der Waals surface area (Å²) in [5.74, 6) is 0.441. The highest BCUT2D eigenvalue weighted by atomic mass is 16.3. The Kier molecular flexibility index (Phi) is 4.85. The van der Waals surface area contributed by atoms with Crippen LogP contribution in [0.5, 0.6) is 0 Å². The van der Waals surface area contributed by atoms with Gasteiger partial charge in [0, 0.05) is 34.3 Å². The summed E-state index contributed by atoms with van der Waals surface area (Å²) in [5, 5.41) is 2.17. The quantitative estimate of drug-likeness (QED) is 0.298. The molecule has 0 fully saturated rings. The monoisotopic (exact) mass is 420 g/mol. The third-order valence-corrected chi connectivity index (χ3v) is 6.42. The molecule has 0 amide bonds. The van der Waals surface area contributed by atoms with Gasteiger partial charge in [0.15, 0.2) is 0 Å². The van der Waals surface area contributed by atoms with E-state index in [1.807, 2.05) is 19.2 Å². The minimum Gasteiger partial charge on any atom is -0.455 e. The number of furan rings is 1. The Bertz CT molecular complexity index is 1430. The van der Waals surface area contributed by atoms with Gasteiger partial charge in [0.1, 0.15) is 11.2 Å². The minimum atomic E-state index is -0.270. The van der Waals surface area contributed by atoms with Crippen molar-refractivity contribution < 1.29 is 4.42 Å². The number of nitrogens with zero attached hydrogens (tertiary/aromatic N) is 2. The van der Waals surface area contributed by atoms with E-state index in [2.05, 4.69) is 93.3 Å². The molecule has 3 heterocycles. The molecular formula is C29H28N2O. The molecule has 0 aliphatic heterocycles. The number of para-hydroxylation sites is 1. The molecule has 3 aromatic heterocycles. The lowest BCUT2D eigenvalue weighted by molar-refractivity contribution is 0.618. The number of aryl methyl sites for hydroxylation is 1. The molecule has 3 heteroatoms. The number of benzene rings is 2. The maximum absolute atomic E-state index is 6.51. The zero-order valence-corrected chi connectivity index (χ0v) is 19.3. The standard InChI is InChI=1S/C29H28N2O/c1-18(2)20-14-15-30-24(17-20)22-12-9-13-23-26-25(32-27(22)23)16-19(3)31-28(26)29(4,5)21-10-7-6-8-11-21/h6-18H,1-5H3. The van der Waals surface area contributed by atoms with E-state index < -0.39 is 0 Å². The summed E-state index contributed by atoms with van der Waals surface area (Å²) in [4.78, 5) is 9.71. The first-order valence-corrected chi connectivity index (χ1v) is 11.2. The molecule has 0 spiro atoms. The fraction of sp³-hybridized carbons (Fsp3) is 0.241. The molecule has 0 N–H and O–H groups in total. The molecule has 0 aliphatic rings. The average Bonchev–Trinajstić information content (AvgIpc) is 3.17. The lowest BCUT2D eigenvalue weighted by Crippen LogP contribution is -2.21. The Labute approximate surface area is 189 Å². The molecular weight excluding hydrogens is 392 g/mol. The maximum Gasteiger partial charge on any atom is 0.144 e. The molecule has 0 aliphatic carbocycles. The normalized spacial score (nSPS) is 12.2. The average molecular weight is 421 g/mol. The third kappa shape index (κ3) is 3.29. The van der Waals surface area contributed by atoms with Gasteiger partial charge in [0.05, 0.1) is 16.8 Å². The second-order valence-electron chi connectivity index (χ2n) is 9.39. The Hall–Kier alpha value is -3.46. The molecule has 5 aromatic rings. The number of fused-ring (bicyclic) bond motifs is 3. The molecule has 0 unspecified atom stereocenters. The zero-order valence-electron chi connectivity index (χ0n) is 19.3. The summed E-state index contributed by atoms with van der Waals surface area (Å²) in [5.41, 5.74) is 7.93. The lowest BCUT2D eigenvalue weighted by Gasteiger charge is -2.26. The fourth-order valence-electron chi connectivity index (χ4n) is 4.54. The van der Waals surface area contributed by atoms with E-state index in [0.29, 0.717) is 5.92 Å². The van der Waals surface area contributed by atoms with Crippen LogP contribution in [0.25, 0.3) is 33.2 Å². The number of hydrogen-bond donors (Lipinski definition) is 0. The summed E-state index contributed by atoms with van der Waals surface area (Å²) in [7, 11) is 0. The van der Waals surface area contributed by atoms with Gasteiger partial charge < -0.3 is 4.42 Å². The van der Waals surface area contributed by atoms with E-state index in [1.54, 1.807) is 0 Å². The van der Waals surface area contributed by atoms with Crippen molar-refractivity contribution in [3.63, 3.8) is 0 Å². The highest BCUT2D eigenvalue weighted by molar-refractivity contribution is 6.10. The van der Waals surface area contributed by atoms with Crippen molar-refractivity contribution in [3.05, 3.63) is 95.4 Å². The second kappa shape index (κ2) is 7.59. The topological polar surface area (TPSA) is 38.9 Å². The smallest absolute Gasteiger partial charge is 0.144 e. The van der Waals surface area contributed by atoms with Crippen LogP contribution in [0.1, 0.15) is 56.1 Å². The van der Waals surface area contributed by atoms with Gasteiger partial charge in [-0.15, -0.1) is 0 Å². The van der Waals surface area contributed by atoms with Crippen LogP contribution in [0.2, 0.25) is 0 Å². The van der Waals surface area contributed by atoms with Gasteiger partial charge in [-0.05, 0) is 42.2 Å². The van der Waals surface area contributed by atoms with E-state index in [1.165, 1.54) is 11.1 Å². The van der Waals surface area contributed by atoms with E-state index in [9.17, 15) is 0 Å². The van der Waals surface area contributed by atoms with E-state index in [-0.39, 0.29) is 5.41 Å². The van der Waals surface area contributed by atoms with Gasteiger partial charge in [0.2, 0.25) is 0 Å². The van der Waals surface area contributed by atoms with Crippen LogP contribution in [0.3, 0.4) is 0 Å². The molecule has 0 bridgehead atoms. The number of hydrogen-bond acceptors (Lipinski definition) is 3. The molecule has 2 aromatic carbocycles. The highest BCUT2D eigenvalue weighted by Gasteiger charge is 2.29. The fourth-order valence-corrected chi connectivity index (χ4v) is 4.54. The SMILES string of the molecule is Cc1cc2oc3c(-c4cc(C(C)C)ccn4)cccc3c2c(C(C)(C)c2ccccc2)n1. The van der Waals surface area contributed by atoms with Crippen LogP contribution >= 0.6 is 0 Å². The first-order chi connectivity index (χ1) is 15.4. The molecule has 0 saturated carbocycles. The largest absolute Gasteiger partial charge is 0.455 e. The summed E-state index contributed by atoms with van der Waals surface area (Å²) in [6, 6.07) is 23.2. The molecule has 160 valence electrons. The Morgan fingerprint density at radius 3 is 2.44 bits per heavy atom. The molecule has 32 heavy (non-hydrogen) atoms. The second-order valence-corrected chi connectivity index (χ2v) is 9.39. The van der Waals surface area contributed by atoms with E-state index in [4.69, 9.17) is 9.40 Å². The first kappa shape index (κ1) is 20.4. The van der Waals surface area contributed by atoms with Crippen molar-refractivity contribution in [3.8, 4) is 11.3 Å². The zero-order chi connectivity index (χ0) is 22.5. The van der Waals surface area contributed by atoms with Crippen LogP contribution in [0.4, 0.5) is 0 Å². The predicted octanol–water partition coefficient (Wildman–Crippen LogP) is 7.80. The highest BCUT2D eigenvalue weighted by Crippen LogP contribution is 2.42. The van der Waals surface area contributed by atoms with Crippen LogP contribution in [-0.2, 0) is 5.41 Å².